The Morgan fingerprint density at radius 3 is 2.68 bits per heavy atom. The molecule has 4 nitrogen and oxygen atoms in total. The largest absolute Gasteiger partial charge is 0.489 e. The average molecular weight is 359 g/mol. The lowest BCUT2D eigenvalue weighted by atomic mass is 10.1. The third-order valence-corrected chi connectivity index (χ3v) is 7.26. The van der Waals surface area contributed by atoms with E-state index < -0.39 is 9.84 Å². The van der Waals surface area contributed by atoms with Crippen molar-refractivity contribution in [1.29, 1.82) is 0 Å². The van der Waals surface area contributed by atoms with Gasteiger partial charge < -0.3 is 4.74 Å². The van der Waals surface area contributed by atoms with Gasteiger partial charge in [0.2, 0.25) is 0 Å². The van der Waals surface area contributed by atoms with Crippen molar-refractivity contribution in [2.24, 2.45) is 5.92 Å². The number of hydrogen-bond donors (Lipinski definition) is 0. The van der Waals surface area contributed by atoms with Crippen LogP contribution >= 0.6 is 0 Å². The minimum absolute atomic E-state index is 0.179. The van der Waals surface area contributed by atoms with Crippen molar-refractivity contribution >= 4 is 9.84 Å². The third kappa shape index (κ3) is 4.21. The molecule has 0 saturated heterocycles. The maximum absolute atomic E-state index is 12.2. The molecule has 0 unspecified atom stereocenters. The molecule has 5 heteroatoms. The van der Waals surface area contributed by atoms with E-state index in [2.05, 4.69) is 17.1 Å². The molecule has 0 aliphatic heterocycles. The second kappa shape index (κ2) is 7.16. The lowest BCUT2D eigenvalue weighted by Crippen LogP contribution is -2.23. The Morgan fingerprint density at radius 1 is 1.20 bits per heavy atom. The van der Waals surface area contributed by atoms with Gasteiger partial charge in [-0.05, 0) is 68.9 Å². The predicted molar refractivity (Wildman–Crippen MR) is 99.6 cm³/mol. The summed E-state index contributed by atoms with van der Waals surface area (Å²) in [7, 11) is -3.00. The summed E-state index contributed by atoms with van der Waals surface area (Å²) in [6.45, 7) is 5.97. The Balaban J connectivity index is 1.65. The first-order chi connectivity index (χ1) is 11.8. The van der Waals surface area contributed by atoms with Crippen LogP contribution in [0.2, 0.25) is 0 Å². The van der Waals surface area contributed by atoms with Crippen LogP contribution in [0.5, 0.6) is 5.75 Å². The number of rotatable bonds is 6. The van der Waals surface area contributed by atoms with Crippen LogP contribution in [0.4, 0.5) is 0 Å². The van der Waals surface area contributed by atoms with Crippen molar-refractivity contribution in [3.05, 3.63) is 58.9 Å². The normalized spacial score (nSPS) is 16.9. The molecule has 0 spiro atoms. The molecule has 1 atom stereocenters. The van der Waals surface area contributed by atoms with Crippen LogP contribution in [-0.4, -0.2) is 24.4 Å². The van der Waals surface area contributed by atoms with Crippen molar-refractivity contribution in [1.82, 2.24) is 4.98 Å². The van der Waals surface area contributed by atoms with Gasteiger partial charge in [-0.25, -0.2) is 8.42 Å². The van der Waals surface area contributed by atoms with E-state index in [1.807, 2.05) is 25.1 Å². The van der Waals surface area contributed by atoms with Crippen molar-refractivity contribution in [2.75, 3.05) is 5.75 Å². The van der Waals surface area contributed by atoms with Gasteiger partial charge in [0.1, 0.15) is 12.4 Å². The molecule has 3 rings (SSSR count). The van der Waals surface area contributed by atoms with Gasteiger partial charge in [0.05, 0.1) is 11.0 Å². The molecule has 0 bridgehead atoms. The molecule has 1 aliphatic carbocycles. The lowest BCUT2D eigenvalue weighted by molar-refractivity contribution is 0.304. The molecule has 1 aromatic carbocycles. The van der Waals surface area contributed by atoms with E-state index in [-0.39, 0.29) is 16.9 Å². The number of ether oxygens (including phenoxy) is 1. The number of pyridine rings is 1. The first-order valence-corrected chi connectivity index (χ1v) is 10.4. The summed E-state index contributed by atoms with van der Waals surface area (Å²) in [5, 5.41) is -0.308. The van der Waals surface area contributed by atoms with Crippen LogP contribution in [-0.2, 0) is 29.3 Å². The van der Waals surface area contributed by atoms with Gasteiger partial charge in [-0.2, -0.15) is 0 Å². The first kappa shape index (κ1) is 17.9. The molecule has 1 aliphatic rings. The van der Waals surface area contributed by atoms with Crippen LogP contribution in [0.1, 0.15) is 36.2 Å². The molecule has 0 amide bonds. The van der Waals surface area contributed by atoms with Crippen molar-refractivity contribution < 1.29 is 13.2 Å². The summed E-state index contributed by atoms with van der Waals surface area (Å²) in [5.41, 5.74) is 4.50. The third-order valence-electron chi connectivity index (χ3n) is 4.89. The second-order valence-electron chi connectivity index (χ2n) is 7.12. The van der Waals surface area contributed by atoms with Crippen molar-refractivity contribution in [3.63, 3.8) is 0 Å². The molecule has 0 saturated carbocycles. The van der Waals surface area contributed by atoms with Gasteiger partial charge >= 0.3 is 0 Å². The molecule has 0 N–H and O–H groups in total. The molecule has 134 valence electrons. The zero-order valence-electron chi connectivity index (χ0n) is 15.0. The number of sulfone groups is 1. The number of aromatic nitrogens is 1. The van der Waals surface area contributed by atoms with Crippen LogP contribution in [0.15, 0.2) is 36.5 Å². The maximum Gasteiger partial charge on any atom is 0.152 e. The Hall–Kier alpha value is -1.88. The fourth-order valence-corrected chi connectivity index (χ4v) is 4.52. The smallest absolute Gasteiger partial charge is 0.152 e. The zero-order valence-corrected chi connectivity index (χ0v) is 15.8. The maximum atomic E-state index is 12.2. The Kier molecular flexibility index (Phi) is 5.13. The number of aryl methyl sites for hydroxylation is 1. The Bertz CT molecular complexity index is 859. The monoisotopic (exact) mass is 359 g/mol. The van der Waals surface area contributed by atoms with Crippen LogP contribution in [0.3, 0.4) is 0 Å². The summed E-state index contributed by atoms with van der Waals surface area (Å²) in [5.74, 6) is 1.28. The molecule has 1 heterocycles. The fourth-order valence-electron chi connectivity index (χ4n) is 3.25. The second-order valence-corrected chi connectivity index (χ2v) is 9.72. The highest BCUT2D eigenvalue weighted by atomic mass is 32.2. The predicted octanol–water partition coefficient (Wildman–Crippen LogP) is 3.51. The van der Waals surface area contributed by atoms with E-state index in [4.69, 9.17) is 4.74 Å². The molecule has 0 radical (unpaired) electrons. The summed E-state index contributed by atoms with van der Waals surface area (Å²) < 4.78 is 30.2. The number of hydrogen-bond acceptors (Lipinski definition) is 4. The quantitative estimate of drug-likeness (QED) is 0.792. The van der Waals surface area contributed by atoms with Crippen LogP contribution < -0.4 is 4.74 Å². The summed E-state index contributed by atoms with van der Waals surface area (Å²) in [6.07, 6.45) is 3.42. The minimum atomic E-state index is -3.00. The lowest BCUT2D eigenvalue weighted by Gasteiger charge is -2.12. The highest BCUT2D eigenvalue weighted by Crippen LogP contribution is 2.31. The topological polar surface area (TPSA) is 56.3 Å². The van der Waals surface area contributed by atoms with Gasteiger partial charge in [-0.3, -0.25) is 4.98 Å². The van der Waals surface area contributed by atoms with E-state index in [0.717, 1.165) is 29.8 Å². The van der Waals surface area contributed by atoms with Crippen LogP contribution in [0.25, 0.3) is 0 Å². The number of benzene rings is 1. The van der Waals surface area contributed by atoms with E-state index in [1.54, 1.807) is 20.0 Å². The summed E-state index contributed by atoms with van der Waals surface area (Å²) >= 11 is 0. The highest BCUT2D eigenvalue weighted by Gasteiger charge is 2.28. The molecular weight excluding hydrogens is 334 g/mol. The summed E-state index contributed by atoms with van der Waals surface area (Å²) in [4.78, 5) is 4.27. The molecule has 0 fully saturated rings. The zero-order chi connectivity index (χ0) is 18.0. The van der Waals surface area contributed by atoms with E-state index in [9.17, 15) is 8.42 Å². The van der Waals surface area contributed by atoms with Crippen molar-refractivity contribution in [2.45, 2.75) is 45.5 Å². The summed E-state index contributed by atoms with van der Waals surface area (Å²) in [6, 6.07) is 10.0. The average Bonchev–Trinajstić information content (AvgIpc) is 2.94. The standard InChI is InChI=1S/C20H25NO3S/c1-14(2)25(22,23)13-16-9-17-6-7-20(11-19(17)10-16)24-12-18-5-4-8-21-15(18)3/h4-8,11,14,16H,9-10,12-13H2,1-3H3/t16-/m0/s1. The van der Waals surface area contributed by atoms with Gasteiger partial charge in [0, 0.05) is 17.5 Å². The fraction of sp³-hybridized carbons (Fsp3) is 0.450. The van der Waals surface area contributed by atoms with E-state index in [0.29, 0.717) is 6.61 Å². The number of nitrogens with zero attached hydrogens (tertiary/aromatic N) is 1. The SMILES string of the molecule is Cc1ncccc1COc1ccc2c(c1)C[C@@H](CS(=O)(=O)C(C)C)C2. The number of fused-ring (bicyclic) bond motifs is 1. The van der Waals surface area contributed by atoms with Gasteiger partial charge in [0.25, 0.3) is 0 Å². The first-order valence-electron chi connectivity index (χ1n) is 8.72. The van der Waals surface area contributed by atoms with Crippen LogP contribution in [0, 0.1) is 12.8 Å². The Labute approximate surface area is 150 Å². The van der Waals surface area contributed by atoms with E-state index >= 15 is 0 Å². The van der Waals surface area contributed by atoms with Gasteiger partial charge in [0.15, 0.2) is 9.84 Å². The Morgan fingerprint density at radius 2 is 1.96 bits per heavy atom. The van der Waals surface area contributed by atoms with Gasteiger partial charge in [-0.15, -0.1) is 0 Å². The van der Waals surface area contributed by atoms with E-state index in [1.165, 1.54) is 11.1 Å². The molecule has 1 aromatic heterocycles. The molecule has 25 heavy (non-hydrogen) atoms. The highest BCUT2D eigenvalue weighted by molar-refractivity contribution is 7.91. The molecular formula is C20H25NO3S. The molecule has 2 aromatic rings. The van der Waals surface area contributed by atoms with Crippen molar-refractivity contribution in [3.8, 4) is 5.75 Å². The van der Waals surface area contributed by atoms with Gasteiger partial charge in [-0.1, -0.05) is 12.1 Å². The minimum Gasteiger partial charge on any atom is -0.489 e.